The Morgan fingerprint density at radius 1 is 1.12 bits per heavy atom. The lowest BCUT2D eigenvalue weighted by molar-refractivity contribution is 0.0728. The molecular weight excluding hydrogens is 448 g/mol. The Kier molecular flexibility index (Phi) is 5.13. The van der Waals surface area contributed by atoms with Gasteiger partial charge in [0.15, 0.2) is 0 Å². The van der Waals surface area contributed by atoms with Crippen LogP contribution in [0.15, 0.2) is 60.7 Å². The van der Waals surface area contributed by atoms with E-state index in [-0.39, 0.29) is 35.3 Å². The molecule has 0 spiro atoms. The quantitative estimate of drug-likeness (QED) is 0.402. The summed E-state index contributed by atoms with van der Waals surface area (Å²) >= 11 is 6.29. The van der Waals surface area contributed by atoms with Gasteiger partial charge in [0.2, 0.25) is 0 Å². The molecule has 2 N–H and O–H groups in total. The van der Waals surface area contributed by atoms with E-state index in [1.165, 1.54) is 29.2 Å². The first-order valence-electron chi connectivity index (χ1n) is 10.2. The van der Waals surface area contributed by atoms with Crippen molar-refractivity contribution < 1.29 is 18.7 Å². The fourth-order valence-electron chi connectivity index (χ4n) is 4.23. The Balaban J connectivity index is 1.69. The van der Waals surface area contributed by atoms with Gasteiger partial charge in [-0.3, -0.25) is 9.89 Å². The number of nitrogens with zero attached hydrogens (tertiary/aromatic N) is 2. The summed E-state index contributed by atoms with van der Waals surface area (Å²) in [6, 6.07) is 14.3. The van der Waals surface area contributed by atoms with E-state index in [1.807, 2.05) is 0 Å². The summed E-state index contributed by atoms with van der Waals surface area (Å²) in [5.41, 5.74) is 2.95. The number of aromatic amines is 1. The van der Waals surface area contributed by atoms with Gasteiger partial charge in [0, 0.05) is 28.3 Å². The Hall–Kier alpha value is -3.71. The van der Waals surface area contributed by atoms with Crippen molar-refractivity contribution in [2.24, 2.45) is 0 Å². The predicted molar refractivity (Wildman–Crippen MR) is 120 cm³/mol. The lowest BCUT2D eigenvalue weighted by Gasteiger charge is -2.27. The molecule has 2 heterocycles. The normalized spacial score (nSPS) is 15.2. The highest BCUT2D eigenvalue weighted by Crippen LogP contribution is 2.46. The molecule has 5 rings (SSSR count). The van der Waals surface area contributed by atoms with Gasteiger partial charge in [-0.1, -0.05) is 41.9 Å². The van der Waals surface area contributed by atoms with Crippen LogP contribution in [0.2, 0.25) is 5.02 Å². The highest BCUT2D eigenvalue weighted by molar-refractivity contribution is 6.31. The molecule has 4 aromatic rings. The van der Waals surface area contributed by atoms with Gasteiger partial charge < -0.3 is 10.0 Å². The molecule has 8 heteroatoms. The summed E-state index contributed by atoms with van der Waals surface area (Å²) in [5, 5.41) is 18.1. The molecule has 0 saturated heterocycles. The van der Waals surface area contributed by atoms with Gasteiger partial charge in [0.05, 0.1) is 6.04 Å². The molecule has 1 aliphatic rings. The second-order valence-electron chi connectivity index (χ2n) is 7.96. The molecule has 166 valence electrons. The number of halogens is 3. The minimum Gasteiger partial charge on any atom is -0.507 e. The van der Waals surface area contributed by atoms with Crippen molar-refractivity contribution in [1.82, 2.24) is 15.1 Å². The number of amides is 1. The summed E-state index contributed by atoms with van der Waals surface area (Å²) in [6.07, 6.45) is 0. The first-order valence-corrected chi connectivity index (χ1v) is 10.6. The number of phenolic OH excluding ortho intramolecular Hbond substituents is 1. The van der Waals surface area contributed by atoms with E-state index in [9.17, 15) is 18.7 Å². The third-order valence-corrected chi connectivity index (χ3v) is 6.27. The number of aromatic nitrogens is 2. The highest BCUT2D eigenvalue weighted by Gasteiger charge is 2.43. The fourth-order valence-corrected chi connectivity index (χ4v) is 4.39. The van der Waals surface area contributed by atoms with E-state index in [0.29, 0.717) is 33.0 Å². The third-order valence-electron chi connectivity index (χ3n) is 5.86. The van der Waals surface area contributed by atoms with Crippen LogP contribution in [0.5, 0.6) is 5.75 Å². The number of fused-ring (bicyclic) bond motifs is 1. The maximum Gasteiger partial charge on any atom is 0.273 e. The van der Waals surface area contributed by atoms with Crippen molar-refractivity contribution in [3.05, 3.63) is 105 Å². The molecule has 0 aliphatic carbocycles. The zero-order valence-corrected chi connectivity index (χ0v) is 18.2. The standard InChI is InChI=1S/C25H18ClF2N3O2/c1-13-10-20(32)17(11-18(13)26)22-21-23(30-29-22)25(33)31(12-14-6-8-15(27)9-7-14)24(21)16-4-2-3-5-19(16)28/h2-11,24,32H,12H2,1H3,(H,29,30). The molecule has 1 unspecified atom stereocenters. The van der Waals surface area contributed by atoms with E-state index in [1.54, 1.807) is 43.3 Å². The molecule has 0 fully saturated rings. The van der Waals surface area contributed by atoms with Gasteiger partial charge in [-0.05, 0) is 48.4 Å². The Morgan fingerprint density at radius 2 is 1.85 bits per heavy atom. The smallest absolute Gasteiger partial charge is 0.273 e. The molecule has 0 bridgehead atoms. The van der Waals surface area contributed by atoms with Crippen molar-refractivity contribution in [2.45, 2.75) is 19.5 Å². The number of carbonyl (C=O) groups is 1. The maximum atomic E-state index is 15.0. The van der Waals surface area contributed by atoms with Crippen molar-refractivity contribution in [3.8, 4) is 17.0 Å². The van der Waals surface area contributed by atoms with Crippen LogP contribution in [-0.2, 0) is 6.54 Å². The van der Waals surface area contributed by atoms with Gasteiger partial charge in [-0.25, -0.2) is 8.78 Å². The van der Waals surface area contributed by atoms with E-state index in [2.05, 4.69) is 10.2 Å². The first-order chi connectivity index (χ1) is 15.8. The molecule has 3 aromatic carbocycles. The number of aromatic hydroxyl groups is 1. The number of hydrogen-bond acceptors (Lipinski definition) is 3. The van der Waals surface area contributed by atoms with Crippen LogP contribution in [0.4, 0.5) is 8.78 Å². The van der Waals surface area contributed by atoms with Crippen molar-refractivity contribution >= 4 is 17.5 Å². The zero-order chi connectivity index (χ0) is 23.3. The topological polar surface area (TPSA) is 69.2 Å². The number of carbonyl (C=O) groups excluding carboxylic acids is 1. The van der Waals surface area contributed by atoms with Crippen LogP contribution >= 0.6 is 11.6 Å². The van der Waals surface area contributed by atoms with Crippen LogP contribution in [0.3, 0.4) is 0 Å². The van der Waals surface area contributed by atoms with Crippen molar-refractivity contribution in [2.75, 3.05) is 0 Å². The number of H-pyrrole nitrogens is 1. The van der Waals surface area contributed by atoms with Gasteiger partial charge in [-0.2, -0.15) is 5.10 Å². The highest BCUT2D eigenvalue weighted by atomic mass is 35.5. The molecule has 5 nitrogen and oxygen atoms in total. The number of hydrogen-bond donors (Lipinski definition) is 2. The summed E-state index contributed by atoms with van der Waals surface area (Å²) in [6.45, 7) is 1.89. The monoisotopic (exact) mass is 465 g/mol. The Labute approximate surface area is 193 Å². The van der Waals surface area contributed by atoms with Crippen LogP contribution in [0, 0.1) is 18.6 Å². The van der Waals surface area contributed by atoms with E-state index in [0.717, 1.165) is 0 Å². The second-order valence-corrected chi connectivity index (χ2v) is 8.37. The van der Waals surface area contributed by atoms with E-state index in [4.69, 9.17) is 11.6 Å². The lowest BCUT2D eigenvalue weighted by Crippen LogP contribution is -2.29. The predicted octanol–water partition coefficient (Wildman–Crippen LogP) is 5.77. The van der Waals surface area contributed by atoms with Gasteiger partial charge in [-0.15, -0.1) is 0 Å². The summed E-state index contributed by atoms with van der Waals surface area (Å²) in [7, 11) is 0. The molecule has 33 heavy (non-hydrogen) atoms. The largest absolute Gasteiger partial charge is 0.507 e. The number of nitrogens with one attached hydrogen (secondary N) is 1. The number of aryl methyl sites for hydroxylation is 1. The van der Waals surface area contributed by atoms with Crippen molar-refractivity contribution in [3.63, 3.8) is 0 Å². The lowest BCUT2D eigenvalue weighted by atomic mass is 9.94. The first kappa shape index (κ1) is 21.2. The Morgan fingerprint density at radius 3 is 2.58 bits per heavy atom. The Bertz CT molecular complexity index is 1390. The second kappa shape index (κ2) is 8.01. The van der Waals surface area contributed by atoms with E-state index < -0.39 is 11.9 Å². The molecular formula is C25H18ClF2N3O2. The van der Waals surface area contributed by atoms with Crippen LogP contribution < -0.4 is 0 Å². The fraction of sp³-hybridized carbons (Fsp3) is 0.120. The van der Waals surface area contributed by atoms with Gasteiger partial charge in [0.25, 0.3) is 5.91 Å². The molecule has 1 atom stereocenters. The minimum atomic E-state index is -0.813. The zero-order valence-electron chi connectivity index (χ0n) is 17.4. The van der Waals surface area contributed by atoms with Crippen LogP contribution in [0.25, 0.3) is 11.3 Å². The summed E-state index contributed by atoms with van der Waals surface area (Å²) < 4.78 is 28.4. The number of rotatable bonds is 4. The summed E-state index contributed by atoms with van der Waals surface area (Å²) in [5.74, 6) is -1.30. The minimum absolute atomic E-state index is 0.0529. The average molecular weight is 466 g/mol. The molecule has 1 aromatic heterocycles. The number of phenols is 1. The molecule has 0 saturated carbocycles. The molecule has 1 aliphatic heterocycles. The SMILES string of the molecule is Cc1cc(O)c(-c2n[nH]c3c2C(c2ccccc2F)N(Cc2ccc(F)cc2)C3=O)cc1Cl. The van der Waals surface area contributed by atoms with Crippen LogP contribution in [-0.4, -0.2) is 26.1 Å². The van der Waals surface area contributed by atoms with Gasteiger partial charge in [0.1, 0.15) is 28.8 Å². The summed E-state index contributed by atoms with van der Waals surface area (Å²) in [4.78, 5) is 14.9. The van der Waals surface area contributed by atoms with Crippen molar-refractivity contribution in [1.29, 1.82) is 0 Å². The molecule has 1 amide bonds. The van der Waals surface area contributed by atoms with Gasteiger partial charge >= 0.3 is 0 Å². The molecule has 0 radical (unpaired) electrons. The van der Waals surface area contributed by atoms with Crippen LogP contribution in [0.1, 0.15) is 38.8 Å². The average Bonchev–Trinajstić information content (AvgIpc) is 3.32. The maximum absolute atomic E-state index is 15.0. The van der Waals surface area contributed by atoms with E-state index >= 15 is 0 Å². The number of benzene rings is 3. The third kappa shape index (κ3) is 3.54.